The maximum absolute atomic E-state index is 6.44. The van der Waals surface area contributed by atoms with Gasteiger partial charge in [-0.15, -0.1) is 0 Å². The van der Waals surface area contributed by atoms with Gasteiger partial charge in [0.15, 0.2) is 0 Å². The Hall–Kier alpha value is -1.06. The normalized spacial score (nSPS) is 21.7. The van der Waals surface area contributed by atoms with Gasteiger partial charge in [0, 0.05) is 17.6 Å². The van der Waals surface area contributed by atoms with E-state index in [4.69, 9.17) is 10.5 Å². The third-order valence-corrected chi connectivity index (χ3v) is 3.79. The standard InChI is InChI=1S/C15H24N2O/c1-10-8-11(2)15(18-3)12(9-10)14(16)13-6-4-5-7-17-13/h8-9,13-14,17H,4-7,16H2,1-3H3. The predicted molar refractivity (Wildman–Crippen MR) is 75.0 cm³/mol. The van der Waals surface area contributed by atoms with E-state index in [1.807, 2.05) is 0 Å². The second-order valence-electron chi connectivity index (χ2n) is 5.29. The summed E-state index contributed by atoms with van der Waals surface area (Å²) in [6.07, 6.45) is 3.67. The van der Waals surface area contributed by atoms with Gasteiger partial charge in [-0.05, 0) is 38.8 Å². The van der Waals surface area contributed by atoms with Crippen LogP contribution < -0.4 is 15.8 Å². The molecule has 0 bridgehead atoms. The number of hydrogen-bond donors (Lipinski definition) is 2. The average Bonchev–Trinajstić information content (AvgIpc) is 2.38. The SMILES string of the molecule is COc1c(C)cc(C)cc1C(N)C1CCCCN1. The maximum Gasteiger partial charge on any atom is 0.126 e. The van der Waals surface area contributed by atoms with Crippen molar-refractivity contribution in [1.82, 2.24) is 5.32 Å². The van der Waals surface area contributed by atoms with Crippen molar-refractivity contribution in [3.05, 3.63) is 28.8 Å². The minimum Gasteiger partial charge on any atom is -0.496 e. The molecule has 1 aliphatic heterocycles. The van der Waals surface area contributed by atoms with E-state index in [0.29, 0.717) is 6.04 Å². The Labute approximate surface area is 110 Å². The lowest BCUT2D eigenvalue weighted by molar-refractivity contribution is 0.341. The molecule has 0 aromatic heterocycles. The largest absolute Gasteiger partial charge is 0.496 e. The second kappa shape index (κ2) is 5.72. The molecule has 1 saturated heterocycles. The zero-order valence-electron chi connectivity index (χ0n) is 11.6. The summed E-state index contributed by atoms with van der Waals surface area (Å²) in [5.41, 5.74) is 9.99. The highest BCUT2D eigenvalue weighted by molar-refractivity contribution is 5.46. The molecule has 1 fully saturated rings. The highest BCUT2D eigenvalue weighted by Crippen LogP contribution is 2.32. The van der Waals surface area contributed by atoms with Crippen molar-refractivity contribution in [3.8, 4) is 5.75 Å². The van der Waals surface area contributed by atoms with Crippen LogP contribution in [0.3, 0.4) is 0 Å². The molecule has 100 valence electrons. The van der Waals surface area contributed by atoms with Crippen LogP contribution in [0, 0.1) is 13.8 Å². The number of nitrogens with one attached hydrogen (secondary N) is 1. The van der Waals surface area contributed by atoms with Gasteiger partial charge in [-0.25, -0.2) is 0 Å². The van der Waals surface area contributed by atoms with Crippen molar-refractivity contribution in [2.24, 2.45) is 5.73 Å². The topological polar surface area (TPSA) is 47.3 Å². The fourth-order valence-electron chi connectivity index (χ4n) is 2.92. The first-order valence-electron chi connectivity index (χ1n) is 6.77. The highest BCUT2D eigenvalue weighted by atomic mass is 16.5. The number of hydrogen-bond acceptors (Lipinski definition) is 3. The molecule has 2 atom stereocenters. The first-order chi connectivity index (χ1) is 8.63. The van der Waals surface area contributed by atoms with E-state index in [9.17, 15) is 0 Å². The van der Waals surface area contributed by atoms with Crippen molar-refractivity contribution in [1.29, 1.82) is 0 Å². The average molecular weight is 248 g/mol. The smallest absolute Gasteiger partial charge is 0.126 e. The Morgan fingerprint density at radius 3 is 2.72 bits per heavy atom. The van der Waals surface area contributed by atoms with Crippen molar-refractivity contribution < 1.29 is 4.74 Å². The number of benzene rings is 1. The van der Waals surface area contributed by atoms with Crippen LogP contribution in [0.15, 0.2) is 12.1 Å². The molecule has 0 spiro atoms. The van der Waals surface area contributed by atoms with E-state index < -0.39 is 0 Å². The molecular formula is C15H24N2O. The number of ether oxygens (including phenoxy) is 1. The maximum atomic E-state index is 6.44. The van der Waals surface area contributed by atoms with Crippen LogP contribution in [0.5, 0.6) is 5.75 Å². The summed E-state index contributed by atoms with van der Waals surface area (Å²) in [7, 11) is 1.72. The van der Waals surface area contributed by atoms with Crippen molar-refractivity contribution in [2.75, 3.05) is 13.7 Å². The van der Waals surface area contributed by atoms with E-state index in [0.717, 1.165) is 24.3 Å². The number of methoxy groups -OCH3 is 1. The summed E-state index contributed by atoms with van der Waals surface area (Å²) >= 11 is 0. The number of nitrogens with two attached hydrogens (primary N) is 1. The first-order valence-corrected chi connectivity index (χ1v) is 6.77. The lowest BCUT2D eigenvalue weighted by Gasteiger charge is -2.30. The Bertz CT molecular complexity index is 411. The number of rotatable bonds is 3. The fraction of sp³-hybridized carbons (Fsp3) is 0.600. The van der Waals surface area contributed by atoms with Crippen molar-refractivity contribution in [3.63, 3.8) is 0 Å². The van der Waals surface area contributed by atoms with Gasteiger partial charge in [0.05, 0.1) is 7.11 Å². The van der Waals surface area contributed by atoms with Crippen LogP contribution in [-0.4, -0.2) is 19.7 Å². The molecule has 3 N–H and O–H groups in total. The molecule has 2 rings (SSSR count). The van der Waals surface area contributed by atoms with Gasteiger partial charge in [0.2, 0.25) is 0 Å². The minimum absolute atomic E-state index is 0.0128. The molecule has 0 radical (unpaired) electrons. The molecule has 1 aromatic rings. The molecule has 0 amide bonds. The van der Waals surface area contributed by atoms with Crippen molar-refractivity contribution >= 4 is 0 Å². The Morgan fingerprint density at radius 2 is 2.11 bits per heavy atom. The molecule has 1 aliphatic rings. The molecule has 3 nitrogen and oxygen atoms in total. The van der Waals surface area contributed by atoms with E-state index in [1.54, 1.807) is 7.11 Å². The molecule has 0 saturated carbocycles. The van der Waals surface area contributed by atoms with Crippen LogP contribution in [-0.2, 0) is 0 Å². The highest BCUT2D eigenvalue weighted by Gasteiger charge is 2.24. The molecule has 18 heavy (non-hydrogen) atoms. The lowest BCUT2D eigenvalue weighted by atomic mass is 9.91. The van der Waals surface area contributed by atoms with Crippen molar-refractivity contribution in [2.45, 2.75) is 45.2 Å². The van der Waals surface area contributed by atoms with Crippen LogP contribution in [0.25, 0.3) is 0 Å². The van der Waals surface area contributed by atoms with E-state index in [2.05, 4.69) is 31.3 Å². The predicted octanol–water partition coefficient (Wildman–Crippen LogP) is 2.45. The Morgan fingerprint density at radius 1 is 1.33 bits per heavy atom. The summed E-state index contributed by atoms with van der Waals surface area (Å²) in [4.78, 5) is 0. The van der Waals surface area contributed by atoms with Gasteiger partial charge in [-0.3, -0.25) is 0 Å². The fourth-order valence-corrected chi connectivity index (χ4v) is 2.92. The molecule has 3 heteroatoms. The molecule has 2 unspecified atom stereocenters. The van der Waals surface area contributed by atoms with E-state index in [1.165, 1.54) is 24.0 Å². The minimum atomic E-state index is 0.0128. The van der Waals surface area contributed by atoms with Gasteiger partial charge < -0.3 is 15.8 Å². The summed E-state index contributed by atoms with van der Waals surface area (Å²) in [5, 5.41) is 3.53. The summed E-state index contributed by atoms with van der Waals surface area (Å²) < 4.78 is 5.54. The van der Waals surface area contributed by atoms with Gasteiger partial charge in [0.25, 0.3) is 0 Å². The number of aryl methyl sites for hydroxylation is 2. The Kier molecular flexibility index (Phi) is 4.25. The summed E-state index contributed by atoms with van der Waals surface area (Å²) in [6, 6.07) is 4.68. The van der Waals surface area contributed by atoms with E-state index >= 15 is 0 Å². The third kappa shape index (κ3) is 2.68. The van der Waals surface area contributed by atoms with Crippen LogP contribution >= 0.6 is 0 Å². The van der Waals surface area contributed by atoms with Crippen LogP contribution in [0.1, 0.15) is 42.0 Å². The zero-order valence-corrected chi connectivity index (χ0v) is 11.6. The summed E-state index contributed by atoms with van der Waals surface area (Å²) in [5.74, 6) is 0.945. The second-order valence-corrected chi connectivity index (χ2v) is 5.29. The molecular weight excluding hydrogens is 224 g/mol. The summed E-state index contributed by atoms with van der Waals surface area (Å²) in [6.45, 7) is 5.26. The van der Waals surface area contributed by atoms with Crippen LogP contribution in [0.4, 0.5) is 0 Å². The zero-order chi connectivity index (χ0) is 13.1. The van der Waals surface area contributed by atoms with Gasteiger partial charge in [0.1, 0.15) is 5.75 Å². The molecule has 0 aliphatic carbocycles. The lowest BCUT2D eigenvalue weighted by Crippen LogP contribution is -2.42. The first kappa shape index (κ1) is 13.4. The van der Waals surface area contributed by atoms with Crippen LogP contribution in [0.2, 0.25) is 0 Å². The van der Waals surface area contributed by atoms with Gasteiger partial charge in [-0.1, -0.05) is 24.1 Å². The monoisotopic (exact) mass is 248 g/mol. The quantitative estimate of drug-likeness (QED) is 0.864. The number of piperidine rings is 1. The third-order valence-electron chi connectivity index (χ3n) is 3.79. The molecule has 1 aromatic carbocycles. The Balaban J connectivity index is 2.30. The van der Waals surface area contributed by atoms with Gasteiger partial charge >= 0.3 is 0 Å². The van der Waals surface area contributed by atoms with Gasteiger partial charge in [-0.2, -0.15) is 0 Å². The molecule has 1 heterocycles. The van der Waals surface area contributed by atoms with E-state index in [-0.39, 0.29) is 6.04 Å².